The zero-order valence-corrected chi connectivity index (χ0v) is 14.4. The second-order valence-corrected chi connectivity index (χ2v) is 6.30. The molecular formula is C16H26ClN3O2. The van der Waals surface area contributed by atoms with E-state index >= 15 is 0 Å². The van der Waals surface area contributed by atoms with Gasteiger partial charge in [-0.25, -0.2) is 0 Å². The summed E-state index contributed by atoms with van der Waals surface area (Å²) in [5.41, 5.74) is 6.00. The third kappa shape index (κ3) is 6.03. The van der Waals surface area contributed by atoms with Crippen LogP contribution < -0.4 is 16.4 Å². The molecule has 4 N–H and O–H groups in total. The van der Waals surface area contributed by atoms with Crippen LogP contribution in [0.15, 0.2) is 24.3 Å². The number of amides is 2. The minimum atomic E-state index is -0.516. The standard InChI is InChI=1S/C16H25N3O2.ClH/c1-11(9-17)10-18-14(20)12-7-5-6-8-13(12)19-15(21)16(2,3)4;/h5-8,11H,9-10,17H2,1-4H3,(H,18,20)(H,19,21);1H. The average molecular weight is 328 g/mol. The second-order valence-electron chi connectivity index (χ2n) is 6.30. The normalized spacial score (nSPS) is 12.0. The van der Waals surface area contributed by atoms with Crippen molar-refractivity contribution in [2.75, 3.05) is 18.4 Å². The Balaban J connectivity index is 0.00000441. The molecule has 0 fully saturated rings. The molecule has 124 valence electrons. The monoisotopic (exact) mass is 327 g/mol. The minimum absolute atomic E-state index is 0. The summed E-state index contributed by atoms with van der Waals surface area (Å²) in [7, 11) is 0. The number of carbonyl (C=O) groups is 2. The summed E-state index contributed by atoms with van der Waals surface area (Å²) in [5, 5.41) is 5.64. The number of benzene rings is 1. The van der Waals surface area contributed by atoms with Gasteiger partial charge in [0.05, 0.1) is 11.3 Å². The van der Waals surface area contributed by atoms with Crippen molar-refractivity contribution in [1.29, 1.82) is 0 Å². The fourth-order valence-electron chi connectivity index (χ4n) is 1.55. The van der Waals surface area contributed by atoms with Crippen molar-refractivity contribution in [1.82, 2.24) is 5.32 Å². The number of rotatable bonds is 5. The molecule has 2 amide bonds. The lowest BCUT2D eigenvalue weighted by Crippen LogP contribution is -2.33. The van der Waals surface area contributed by atoms with Gasteiger partial charge in [-0.05, 0) is 24.6 Å². The van der Waals surface area contributed by atoms with Crippen molar-refractivity contribution in [3.8, 4) is 0 Å². The van der Waals surface area contributed by atoms with Crippen molar-refractivity contribution in [2.45, 2.75) is 27.7 Å². The number of para-hydroxylation sites is 1. The quantitative estimate of drug-likeness (QED) is 0.776. The zero-order valence-electron chi connectivity index (χ0n) is 13.6. The summed E-state index contributed by atoms with van der Waals surface area (Å²) in [5.74, 6) is -0.122. The van der Waals surface area contributed by atoms with Crippen molar-refractivity contribution in [2.24, 2.45) is 17.1 Å². The maximum atomic E-state index is 12.2. The van der Waals surface area contributed by atoms with Crippen LogP contribution in [0.2, 0.25) is 0 Å². The third-order valence-electron chi connectivity index (χ3n) is 3.11. The van der Waals surface area contributed by atoms with Gasteiger partial charge in [0.2, 0.25) is 5.91 Å². The predicted octanol–water partition coefficient (Wildman–Crippen LogP) is 2.42. The van der Waals surface area contributed by atoms with Gasteiger partial charge in [0.25, 0.3) is 5.91 Å². The first kappa shape index (κ1) is 20.4. The van der Waals surface area contributed by atoms with E-state index in [1.165, 1.54) is 0 Å². The Hall–Kier alpha value is -1.59. The van der Waals surface area contributed by atoms with Crippen LogP contribution in [0, 0.1) is 11.3 Å². The number of hydrogen-bond donors (Lipinski definition) is 3. The SMILES string of the molecule is CC(CN)CNC(=O)c1ccccc1NC(=O)C(C)(C)C.Cl. The summed E-state index contributed by atoms with van der Waals surface area (Å²) in [6.07, 6.45) is 0. The van der Waals surface area contributed by atoms with E-state index in [0.29, 0.717) is 24.3 Å². The van der Waals surface area contributed by atoms with Crippen LogP contribution in [-0.2, 0) is 4.79 Å². The van der Waals surface area contributed by atoms with Gasteiger partial charge in [-0.3, -0.25) is 9.59 Å². The van der Waals surface area contributed by atoms with Crippen molar-refractivity contribution < 1.29 is 9.59 Å². The lowest BCUT2D eigenvalue weighted by molar-refractivity contribution is -0.123. The van der Waals surface area contributed by atoms with E-state index in [1.54, 1.807) is 24.3 Å². The summed E-state index contributed by atoms with van der Waals surface area (Å²) >= 11 is 0. The van der Waals surface area contributed by atoms with Gasteiger partial charge < -0.3 is 16.4 Å². The number of nitrogens with one attached hydrogen (secondary N) is 2. The minimum Gasteiger partial charge on any atom is -0.352 e. The lowest BCUT2D eigenvalue weighted by atomic mass is 9.95. The van der Waals surface area contributed by atoms with E-state index in [1.807, 2.05) is 27.7 Å². The third-order valence-corrected chi connectivity index (χ3v) is 3.11. The summed E-state index contributed by atoms with van der Waals surface area (Å²) in [6, 6.07) is 6.98. The highest BCUT2D eigenvalue weighted by Gasteiger charge is 2.23. The van der Waals surface area contributed by atoms with Crippen LogP contribution >= 0.6 is 12.4 Å². The highest BCUT2D eigenvalue weighted by Crippen LogP contribution is 2.20. The second kappa shape index (κ2) is 8.76. The van der Waals surface area contributed by atoms with Crippen molar-refractivity contribution >= 4 is 29.9 Å². The first-order valence-corrected chi connectivity index (χ1v) is 7.14. The van der Waals surface area contributed by atoms with Gasteiger partial charge in [0.15, 0.2) is 0 Å². The first-order valence-electron chi connectivity index (χ1n) is 7.14. The van der Waals surface area contributed by atoms with Crippen LogP contribution in [0.25, 0.3) is 0 Å². The number of carbonyl (C=O) groups excluding carboxylic acids is 2. The molecule has 1 atom stereocenters. The molecule has 0 aromatic heterocycles. The molecule has 0 aliphatic carbocycles. The smallest absolute Gasteiger partial charge is 0.253 e. The predicted molar refractivity (Wildman–Crippen MR) is 92.3 cm³/mol. The number of halogens is 1. The average Bonchev–Trinajstić information content (AvgIpc) is 2.43. The summed E-state index contributed by atoms with van der Waals surface area (Å²) in [6.45, 7) is 8.48. The van der Waals surface area contributed by atoms with E-state index in [4.69, 9.17) is 5.73 Å². The molecule has 5 nitrogen and oxygen atoms in total. The molecule has 0 saturated heterocycles. The van der Waals surface area contributed by atoms with Crippen LogP contribution in [0.4, 0.5) is 5.69 Å². The molecule has 0 bridgehead atoms. The maximum absolute atomic E-state index is 12.2. The molecule has 0 spiro atoms. The van der Waals surface area contributed by atoms with Crippen LogP contribution in [-0.4, -0.2) is 24.9 Å². The van der Waals surface area contributed by atoms with E-state index in [9.17, 15) is 9.59 Å². The maximum Gasteiger partial charge on any atom is 0.253 e. The molecule has 1 unspecified atom stereocenters. The van der Waals surface area contributed by atoms with Crippen molar-refractivity contribution in [3.63, 3.8) is 0 Å². The molecule has 0 radical (unpaired) electrons. The highest BCUT2D eigenvalue weighted by molar-refractivity contribution is 6.04. The molecular weight excluding hydrogens is 302 g/mol. The fraction of sp³-hybridized carbons (Fsp3) is 0.500. The lowest BCUT2D eigenvalue weighted by Gasteiger charge is -2.19. The van der Waals surface area contributed by atoms with E-state index in [-0.39, 0.29) is 30.1 Å². The van der Waals surface area contributed by atoms with E-state index < -0.39 is 5.41 Å². The Morgan fingerprint density at radius 3 is 2.36 bits per heavy atom. The Morgan fingerprint density at radius 1 is 1.23 bits per heavy atom. The van der Waals surface area contributed by atoms with Gasteiger partial charge in [0, 0.05) is 12.0 Å². The summed E-state index contributed by atoms with van der Waals surface area (Å²) < 4.78 is 0. The Labute approximate surface area is 138 Å². The fourth-order valence-corrected chi connectivity index (χ4v) is 1.55. The number of hydrogen-bond acceptors (Lipinski definition) is 3. The highest BCUT2D eigenvalue weighted by atomic mass is 35.5. The Kier molecular flexibility index (Phi) is 8.12. The molecule has 1 rings (SSSR count). The molecule has 0 aliphatic heterocycles. The van der Waals surface area contributed by atoms with E-state index in [0.717, 1.165) is 0 Å². The van der Waals surface area contributed by atoms with Gasteiger partial charge in [-0.1, -0.05) is 39.8 Å². The first-order chi connectivity index (χ1) is 9.75. The Morgan fingerprint density at radius 2 is 1.82 bits per heavy atom. The van der Waals surface area contributed by atoms with Gasteiger partial charge >= 0.3 is 0 Å². The summed E-state index contributed by atoms with van der Waals surface area (Å²) in [4.78, 5) is 24.3. The van der Waals surface area contributed by atoms with Gasteiger partial charge in [-0.15, -0.1) is 12.4 Å². The van der Waals surface area contributed by atoms with Crippen LogP contribution in [0.1, 0.15) is 38.1 Å². The van der Waals surface area contributed by atoms with Gasteiger partial charge in [0.1, 0.15) is 0 Å². The van der Waals surface area contributed by atoms with E-state index in [2.05, 4.69) is 10.6 Å². The van der Waals surface area contributed by atoms with Gasteiger partial charge in [-0.2, -0.15) is 0 Å². The number of nitrogens with two attached hydrogens (primary N) is 1. The zero-order chi connectivity index (χ0) is 16.0. The van der Waals surface area contributed by atoms with Crippen molar-refractivity contribution in [3.05, 3.63) is 29.8 Å². The van der Waals surface area contributed by atoms with Crippen LogP contribution in [0.5, 0.6) is 0 Å². The molecule has 0 aliphatic rings. The molecule has 1 aromatic rings. The molecule has 0 saturated carbocycles. The molecule has 1 aromatic carbocycles. The topological polar surface area (TPSA) is 84.2 Å². The molecule has 0 heterocycles. The number of anilines is 1. The molecule has 22 heavy (non-hydrogen) atoms. The molecule has 6 heteroatoms. The largest absolute Gasteiger partial charge is 0.352 e. The van der Waals surface area contributed by atoms with Crippen LogP contribution in [0.3, 0.4) is 0 Å². The Bertz CT molecular complexity index is 512.